The van der Waals surface area contributed by atoms with E-state index >= 15 is 0 Å². The van der Waals surface area contributed by atoms with Gasteiger partial charge in [-0.25, -0.2) is 0 Å². The van der Waals surface area contributed by atoms with Gasteiger partial charge in [-0.3, -0.25) is 0 Å². The maximum atomic E-state index is 12.7. The van der Waals surface area contributed by atoms with E-state index in [1.807, 2.05) is 0 Å². The fourth-order valence-corrected chi connectivity index (χ4v) is 0.848. The van der Waals surface area contributed by atoms with E-state index in [2.05, 4.69) is 25.7 Å². The molecule has 2 N–H and O–H groups in total. The van der Waals surface area contributed by atoms with Crippen LogP contribution in [0.3, 0.4) is 0 Å². The second-order valence-corrected chi connectivity index (χ2v) is 2.83. The van der Waals surface area contributed by atoms with Crippen LogP contribution >= 0.6 is 15.9 Å². The van der Waals surface area contributed by atoms with Crippen molar-refractivity contribution in [2.75, 3.05) is 5.73 Å². The first-order valence-electron chi connectivity index (χ1n) is 3.07. The summed E-state index contributed by atoms with van der Waals surface area (Å²) in [6, 6.07) is 0.999. The van der Waals surface area contributed by atoms with Crippen LogP contribution < -0.4 is 10.5 Å². The Balaban J connectivity index is 2.99. The Bertz CT molecular complexity index is 298. The molecule has 0 aliphatic carbocycles. The summed E-state index contributed by atoms with van der Waals surface area (Å²) in [6.07, 6.45) is 0. The van der Waals surface area contributed by atoms with Crippen molar-refractivity contribution in [2.45, 2.75) is 6.61 Å². The van der Waals surface area contributed by atoms with Gasteiger partial charge in [0.2, 0.25) is 11.8 Å². The fourth-order valence-electron chi connectivity index (χ4n) is 0.645. The molecule has 7 heteroatoms. The summed E-state index contributed by atoms with van der Waals surface area (Å²) in [5.74, 6) is -1.54. The van der Waals surface area contributed by atoms with Crippen LogP contribution in [0.15, 0.2) is 10.5 Å². The van der Waals surface area contributed by atoms with Crippen LogP contribution in [0.25, 0.3) is 0 Å². The molecule has 0 saturated carbocycles. The van der Waals surface area contributed by atoms with Crippen LogP contribution in [0.4, 0.5) is 18.9 Å². The minimum absolute atomic E-state index is 0.0526. The Morgan fingerprint density at radius 3 is 2.62 bits per heavy atom. The van der Waals surface area contributed by atoms with E-state index in [9.17, 15) is 13.2 Å². The second-order valence-electron chi connectivity index (χ2n) is 2.03. The maximum Gasteiger partial charge on any atom is 0.388 e. The first kappa shape index (κ1) is 10.1. The summed E-state index contributed by atoms with van der Waals surface area (Å²) in [7, 11) is 0. The molecule has 0 fully saturated rings. The van der Waals surface area contributed by atoms with Gasteiger partial charge in [0.05, 0.1) is 10.2 Å². The highest BCUT2D eigenvalue weighted by Crippen LogP contribution is 2.25. The Morgan fingerprint density at radius 1 is 1.54 bits per heavy atom. The third kappa shape index (κ3) is 2.48. The van der Waals surface area contributed by atoms with Crippen LogP contribution in [-0.2, 0) is 0 Å². The lowest BCUT2D eigenvalue weighted by Crippen LogP contribution is -2.05. The molecular formula is C6H4BrF3N2O. The monoisotopic (exact) mass is 256 g/mol. The molecule has 13 heavy (non-hydrogen) atoms. The minimum atomic E-state index is -3.05. The number of nitrogens with zero attached hydrogens (tertiary/aromatic N) is 1. The number of nitrogen functional groups attached to an aromatic ring is 1. The van der Waals surface area contributed by atoms with Gasteiger partial charge in [-0.1, -0.05) is 0 Å². The lowest BCUT2D eigenvalue weighted by atomic mass is 10.4. The predicted octanol–water partition coefficient (Wildman–Crippen LogP) is 2.17. The molecule has 0 atom stereocenters. The number of anilines is 1. The van der Waals surface area contributed by atoms with Crippen molar-refractivity contribution < 1.29 is 17.9 Å². The van der Waals surface area contributed by atoms with Crippen LogP contribution in [0.2, 0.25) is 0 Å². The van der Waals surface area contributed by atoms with Crippen molar-refractivity contribution in [3.05, 3.63) is 16.5 Å². The number of ether oxygens (including phenoxy) is 1. The average molecular weight is 257 g/mol. The van der Waals surface area contributed by atoms with Crippen molar-refractivity contribution in [1.29, 1.82) is 0 Å². The van der Waals surface area contributed by atoms with Crippen molar-refractivity contribution in [1.82, 2.24) is 4.98 Å². The number of hydrogen-bond acceptors (Lipinski definition) is 3. The van der Waals surface area contributed by atoms with Crippen LogP contribution in [0, 0.1) is 5.95 Å². The zero-order chi connectivity index (χ0) is 10.0. The zero-order valence-corrected chi connectivity index (χ0v) is 7.69. The topological polar surface area (TPSA) is 48.1 Å². The van der Waals surface area contributed by atoms with E-state index in [4.69, 9.17) is 5.73 Å². The van der Waals surface area contributed by atoms with Crippen molar-refractivity contribution in [3.63, 3.8) is 0 Å². The lowest BCUT2D eigenvalue weighted by Gasteiger charge is -2.05. The normalized spacial score (nSPS) is 10.5. The van der Waals surface area contributed by atoms with E-state index in [0.717, 1.165) is 6.07 Å². The third-order valence-electron chi connectivity index (χ3n) is 1.13. The molecule has 0 bridgehead atoms. The van der Waals surface area contributed by atoms with Gasteiger partial charge in [-0.2, -0.15) is 18.2 Å². The highest BCUT2D eigenvalue weighted by atomic mass is 79.9. The number of rotatable bonds is 2. The molecule has 0 spiro atoms. The Labute approximate surface area is 79.8 Å². The molecule has 0 aliphatic rings. The van der Waals surface area contributed by atoms with E-state index in [1.54, 1.807) is 0 Å². The number of aromatic nitrogens is 1. The molecule has 0 radical (unpaired) electrons. The molecule has 0 unspecified atom stereocenters. The molecule has 1 aromatic rings. The lowest BCUT2D eigenvalue weighted by molar-refractivity contribution is -0.0532. The summed E-state index contributed by atoms with van der Waals surface area (Å²) in [5, 5.41) is 0. The van der Waals surface area contributed by atoms with Crippen LogP contribution in [-0.4, -0.2) is 11.6 Å². The molecule has 1 aromatic heterocycles. The number of alkyl halides is 2. The van der Waals surface area contributed by atoms with E-state index in [1.165, 1.54) is 0 Å². The van der Waals surface area contributed by atoms with Crippen molar-refractivity contribution >= 4 is 21.6 Å². The fraction of sp³-hybridized carbons (Fsp3) is 0.167. The first-order chi connectivity index (χ1) is 6.00. The van der Waals surface area contributed by atoms with Crippen LogP contribution in [0.5, 0.6) is 5.88 Å². The molecular weight excluding hydrogens is 253 g/mol. The highest BCUT2D eigenvalue weighted by molar-refractivity contribution is 9.10. The SMILES string of the molecule is Nc1cc(OC(F)F)nc(F)c1Br. The summed E-state index contributed by atoms with van der Waals surface area (Å²) in [4.78, 5) is 3.08. The molecule has 0 aliphatic heterocycles. The largest absolute Gasteiger partial charge is 0.417 e. The molecule has 72 valence electrons. The predicted molar refractivity (Wildman–Crippen MR) is 42.9 cm³/mol. The average Bonchev–Trinajstić information content (AvgIpc) is 1.98. The molecule has 3 nitrogen and oxygen atoms in total. The summed E-state index contributed by atoms with van der Waals surface area (Å²) >= 11 is 2.77. The standard InChI is InChI=1S/C6H4BrF3N2O/c7-4-2(11)1-3(12-5(4)8)13-6(9)10/h1,6H,(H2,11,12). The smallest absolute Gasteiger partial charge is 0.388 e. The van der Waals surface area contributed by atoms with E-state index in [-0.39, 0.29) is 10.2 Å². The van der Waals surface area contributed by atoms with Gasteiger partial charge in [0.15, 0.2) is 0 Å². The van der Waals surface area contributed by atoms with E-state index in [0.29, 0.717) is 0 Å². The van der Waals surface area contributed by atoms with Gasteiger partial charge in [-0.05, 0) is 15.9 Å². The molecule has 0 aromatic carbocycles. The van der Waals surface area contributed by atoms with Gasteiger partial charge in [0.25, 0.3) is 0 Å². The molecule has 0 amide bonds. The minimum Gasteiger partial charge on any atom is -0.417 e. The van der Waals surface area contributed by atoms with Crippen molar-refractivity contribution in [3.8, 4) is 5.88 Å². The van der Waals surface area contributed by atoms with Crippen molar-refractivity contribution in [2.24, 2.45) is 0 Å². The number of nitrogens with two attached hydrogens (primary N) is 1. The zero-order valence-electron chi connectivity index (χ0n) is 6.10. The molecule has 1 heterocycles. The summed E-state index contributed by atoms with van der Waals surface area (Å²) in [5.41, 5.74) is 5.19. The third-order valence-corrected chi connectivity index (χ3v) is 1.92. The quantitative estimate of drug-likeness (QED) is 0.826. The maximum absolute atomic E-state index is 12.7. The first-order valence-corrected chi connectivity index (χ1v) is 3.86. The van der Waals surface area contributed by atoms with Gasteiger partial charge in [0, 0.05) is 6.07 Å². The van der Waals surface area contributed by atoms with E-state index < -0.39 is 18.4 Å². The number of hydrogen-bond donors (Lipinski definition) is 1. The highest BCUT2D eigenvalue weighted by Gasteiger charge is 2.11. The Morgan fingerprint density at radius 2 is 2.15 bits per heavy atom. The van der Waals surface area contributed by atoms with Gasteiger partial charge < -0.3 is 10.5 Å². The van der Waals surface area contributed by atoms with Crippen LogP contribution in [0.1, 0.15) is 0 Å². The van der Waals surface area contributed by atoms with Gasteiger partial charge >= 0.3 is 6.61 Å². The van der Waals surface area contributed by atoms with Gasteiger partial charge in [0.1, 0.15) is 0 Å². The summed E-state index contributed by atoms with van der Waals surface area (Å²) in [6.45, 7) is -3.05. The van der Waals surface area contributed by atoms with Gasteiger partial charge in [-0.15, -0.1) is 0 Å². The number of halogens is 4. The second kappa shape index (κ2) is 3.82. The summed E-state index contributed by atoms with van der Waals surface area (Å²) < 4.78 is 39.8. The Kier molecular flexibility index (Phi) is 2.97. The molecule has 1 rings (SSSR count). The molecule has 0 saturated heterocycles. The number of pyridine rings is 1. The Hall–Kier alpha value is -0.980.